The first-order valence-electron chi connectivity index (χ1n) is 22.0. The van der Waals surface area contributed by atoms with Crippen LogP contribution in [0.15, 0.2) is 27.2 Å². The van der Waals surface area contributed by atoms with Crippen molar-refractivity contribution < 1.29 is 108 Å². The highest BCUT2D eigenvalue weighted by Gasteiger charge is 2.54. The highest BCUT2D eigenvalue weighted by Crippen LogP contribution is 2.68. The van der Waals surface area contributed by atoms with Crippen molar-refractivity contribution in [2.24, 2.45) is 4.99 Å². The average Bonchev–Trinajstić information content (AvgIpc) is 4.10. The number of ether oxygens (including phenoxy) is 5. The van der Waals surface area contributed by atoms with Gasteiger partial charge in [-0.2, -0.15) is 18.6 Å². The van der Waals surface area contributed by atoms with Crippen molar-refractivity contribution in [1.82, 2.24) is 39.5 Å². The topological polar surface area (TPSA) is 546 Å². The first kappa shape index (κ1) is 60.5. The molecular formula is C35H54N15O24P4+. The number of phosphoric acid groups is 4. The van der Waals surface area contributed by atoms with E-state index < -0.39 is 136 Å². The van der Waals surface area contributed by atoms with E-state index in [0.717, 1.165) is 36.3 Å². The van der Waals surface area contributed by atoms with Crippen LogP contribution in [0, 0.1) is 0 Å². The molecule has 0 aliphatic carbocycles. The summed E-state index contributed by atoms with van der Waals surface area (Å²) in [4.78, 5) is 98.3. The lowest BCUT2D eigenvalue weighted by Crippen LogP contribution is -2.44. The van der Waals surface area contributed by atoms with E-state index in [1.807, 2.05) is 0 Å². The maximum Gasteiger partial charge on any atom is 0.490 e. The Hall–Kier alpha value is -5.15. The highest BCUT2D eigenvalue weighted by atomic mass is 31.3. The minimum atomic E-state index is -6.20. The number of H-pyrrole nitrogens is 2. The Bertz CT molecular complexity index is 3210. The molecule has 3 aliphatic rings. The van der Waals surface area contributed by atoms with E-state index in [1.165, 1.54) is 30.6 Å². The molecule has 0 saturated carbocycles. The third kappa shape index (κ3) is 13.0. The molecule has 0 aromatic carbocycles. The molecule has 7 rings (SSSR count). The number of aliphatic hydroxyl groups excluding tert-OH is 3. The van der Waals surface area contributed by atoms with Crippen molar-refractivity contribution in [2.75, 3.05) is 82.2 Å². The normalized spacial score (nSPS) is 29.4. The number of nitrogens with zero attached hydrogens (tertiary/aromatic N) is 10. The standard InChI is InChI=1S/C35H53N15O24P4/c1-39-17-27(43-34(37)45-29(17)54)48(4)31-20(52)19(51)13(69-31)8-66-75(56,57)72-23-15(71-33(24(23)65-7)50-12-42-16-25(36)40-11-41-26(16)50)10-68-77(60,61)74-78(62,63)73-76(58,59)67-9-14-22(64-6)21(53)32(70-14)49(5)28-18(47(2)3)30(55)46-35(38)44-28/h11-15,19-24,31-33,51-53H,1-2,8-10H2,3-7H3,(H11-,36,37,38,40,41,43,44,45,46,54,55,56,57,58,59,60,61,62,63)/p+1/t13-,14-,15-,19?,20?,21?,22?,23?,24?,31-,32-,33-/m1/s1. The fraction of sp³-hybridized carbons (Fsp3) is 0.571. The maximum absolute atomic E-state index is 13.7. The van der Waals surface area contributed by atoms with Crippen LogP contribution in [0.1, 0.15) is 6.23 Å². The number of likely N-dealkylation sites (N-methyl/N-ethyl adjacent to an activating group) is 2. The van der Waals surface area contributed by atoms with Crippen molar-refractivity contribution in [3.8, 4) is 0 Å². The number of imidazole rings is 1. The summed E-state index contributed by atoms with van der Waals surface area (Å²) < 4.78 is 113. The van der Waals surface area contributed by atoms with Crippen LogP contribution in [-0.4, -0.2) is 215 Å². The zero-order chi connectivity index (χ0) is 57.6. The number of hydrogen-bond donors (Lipinski definition) is 12. The van der Waals surface area contributed by atoms with Crippen molar-refractivity contribution in [3.05, 3.63) is 33.4 Å². The summed E-state index contributed by atoms with van der Waals surface area (Å²) in [5.74, 6) is -1.11. The van der Waals surface area contributed by atoms with Gasteiger partial charge in [-0.05, 0) is 6.72 Å². The number of aromatic amines is 2. The SMILES string of the molecule is C=Nc1c(N(C)[C@@H]2O[C@H](COP(=O)(O)OC3C(OC)[C@H](n4cnc5c(N)ncnc54)O[C@@H]3COP(=O)(O)OP(=O)(O)OP(=O)(O)OC[C@H]3O[C@@H](N(C)c4nc(N)[nH]c(=O)c4[N+](=C)C)C(O)C3OC)C(O)C2O)nc(N)[nH]c1=O. The van der Waals surface area contributed by atoms with Crippen molar-refractivity contribution in [2.45, 2.75) is 73.6 Å². The lowest BCUT2D eigenvalue weighted by molar-refractivity contribution is -0.395. The summed E-state index contributed by atoms with van der Waals surface area (Å²) >= 11 is 0. The van der Waals surface area contributed by atoms with E-state index in [9.17, 15) is 62.7 Å². The van der Waals surface area contributed by atoms with E-state index in [1.54, 1.807) is 0 Å². The van der Waals surface area contributed by atoms with Gasteiger partial charge in [0.15, 0.2) is 41.7 Å². The van der Waals surface area contributed by atoms with E-state index in [4.69, 9.17) is 59.0 Å². The van der Waals surface area contributed by atoms with Gasteiger partial charge in [0.2, 0.25) is 17.7 Å². The maximum atomic E-state index is 13.7. The van der Waals surface area contributed by atoms with Crippen molar-refractivity contribution >= 4 is 96.6 Å². The smallest absolute Gasteiger partial charge is 0.387 e. The monoisotopic (exact) mass is 1190 g/mol. The van der Waals surface area contributed by atoms with E-state index in [0.29, 0.717) is 0 Å². The van der Waals surface area contributed by atoms with Crippen molar-refractivity contribution in [1.29, 1.82) is 0 Å². The molecule has 3 fully saturated rings. The Kier molecular flexibility index (Phi) is 18.2. The molecule has 0 bridgehead atoms. The number of methoxy groups -OCH3 is 2. The largest absolute Gasteiger partial charge is 0.490 e. The molecule has 7 heterocycles. The number of rotatable bonds is 24. The molecule has 3 saturated heterocycles. The minimum Gasteiger partial charge on any atom is -0.387 e. The second kappa shape index (κ2) is 23.5. The predicted octanol–water partition coefficient (Wildman–Crippen LogP) is -3.35. The van der Waals surface area contributed by atoms with Crippen LogP contribution in [0.2, 0.25) is 0 Å². The Labute approximate surface area is 437 Å². The molecule has 4 aromatic rings. The number of nitrogens with two attached hydrogens (primary N) is 3. The molecule has 0 amide bonds. The van der Waals surface area contributed by atoms with E-state index in [-0.39, 0.29) is 51.9 Å². The molecule has 4 aromatic heterocycles. The predicted molar refractivity (Wildman–Crippen MR) is 262 cm³/mol. The number of aromatic nitrogens is 8. The van der Waals surface area contributed by atoms with Crippen LogP contribution in [0.3, 0.4) is 0 Å². The summed E-state index contributed by atoms with van der Waals surface area (Å²) in [6, 6.07) is 0. The number of phosphoric ester groups is 3. The zero-order valence-corrected chi connectivity index (χ0v) is 44.8. The van der Waals surface area contributed by atoms with Gasteiger partial charge in [-0.25, -0.2) is 37.8 Å². The Morgan fingerprint density at radius 1 is 0.731 bits per heavy atom. The number of aliphatic hydroxyl groups is 3. The number of nitrogen functional groups attached to an aromatic ring is 3. The average molecular weight is 1190 g/mol. The molecule has 0 spiro atoms. The second-order valence-corrected chi connectivity index (χ2v) is 23.0. The second-order valence-electron chi connectivity index (χ2n) is 17.0. The summed E-state index contributed by atoms with van der Waals surface area (Å²) in [7, 11) is -17.2. The molecule has 39 nitrogen and oxygen atoms in total. The molecule has 15 N–H and O–H groups in total. The molecule has 432 valence electrons. The fourth-order valence-corrected chi connectivity index (χ4v) is 12.8. The lowest BCUT2D eigenvalue weighted by atomic mass is 10.1. The fourth-order valence-electron chi connectivity index (χ4n) is 8.33. The van der Waals surface area contributed by atoms with Crippen LogP contribution in [0.25, 0.3) is 11.2 Å². The summed E-state index contributed by atoms with van der Waals surface area (Å²) in [6.45, 7) is 3.69. The van der Waals surface area contributed by atoms with Crippen molar-refractivity contribution in [3.63, 3.8) is 0 Å². The highest BCUT2D eigenvalue weighted by molar-refractivity contribution is 7.66. The first-order valence-corrected chi connectivity index (χ1v) is 28.0. The van der Waals surface area contributed by atoms with Crippen LogP contribution in [0.5, 0.6) is 0 Å². The van der Waals surface area contributed by atoms with Gasteiger partial charge in [0.1, 0.15) is 80.5 Å². The van der Waals surface area contributed by atoms with Crippen LogP contribution in [0.4, 0.5) is 40.7 Å². The third-order valence-electron chi connectivity index (χ3n) is 11.8. The zero-order valence-electron chi connectivity index (χ0n) is 41.2. The third-order valence-corrected chi connectivity index (χ3v) is 17.0. The molecule has 16 atom stereocenters. The van der Waals surface area contributed by atoms with E-state index in [2.05, 4.69) is 61.9 Å². The van der Waals surface area contributed by atoms with Gasteiger partial charge in [0, 0.05) is 28.3 Å². The minimum absolute atomic E-state index is 0.00717. The number of aliphatic imine (C=N–C) groups is 1. The van der Waals surface area contributed by atoms with Gasteiger partial charge in [-0.1, -0.05) is 0 Å². The first-order chi connectivity index (χ1) is 36.4. The van der Waals surface area contributed by atoms with Crippen LogP contribution >= 0.6 is 31.3 Å². The van der Waals surface area contributed by atoms with Gasteiger partial charge < -0.3 is 85.6 Å². The van der Waals surface area contributed by atoms with Crippen LogP contribution < -0.4 is 38.1 Å². The number of anilines is 5. The van der Waals surface area contributed by atoms with Crippen LogP contribution in [-0.2, 0) is 68.7 Å². The molecule has 3 aliphatic heterocycles. The molecular weight excluding hydrogens is 1140 g/mol. The number of hydrogen-bond acceptors (Lipinski definition) is 31. The van der Waals surface area contributed by atoms with Gasteiger partial charge >= 0.3 is 42.5 Å². The molecule has 10 unspecified atom stereocenters. The number of nitrogens with one attached hydrogen (secondary N) is 2. The van der Waals surface area contributed by atoms with Gasteiger partial charge in [-0.15, -0.1) is 0 Å². The quantitative estimate of drug-likeness (QED) is 0.0185. The Morgan fingerprint density at radius 3 is 1.85 bits per heavy atom. The molecule has 78 heavy (non-hydrogen) atoms. The molecule has 43 heteroatoms. The summed E-state index contributed by atoms with van der Waals surface area (Å²) in [5, 5.41) is 32.9. The summed E-state index contributed by atoms with van der Waals surface area (Å²) in [5.41, 5.74) is 15.4. The number of fused-ring (bicyclic) bond motifs is 1. The Morgan fingerprint density at radius 2 is 1.26 bits per heavy atom. The van der Waals surface area contributed by atoms with Gasteiger partial charge in [0.05, 0.1) is 26.1 Å². The van der Waals surface area contributed by atoms with Gasteiger partial charge in [-0.3, -0.25) is 47.2 Å². The van der Waals surface area contributed by atoms with Gasteiger partial charge in [0.25, 0.3) is 5.56 Å². The lowest BCUT2D eigenvalue weighted by Gasteiger charge is -2.28. The molecule has 0 radical (unpaired) electrons. The summed E-state index contributed by atoms with van der Waals surface area (Å²) in [6.07, 6.45) is -17.1. The Balaban J connectivity index is 1.02. The van der Waals surface area contributed by atoms with E-state index >= 15 is 0 Å².